The molecule has 0 heterocycles. The molecule has 0 aromatic heterocycles. The van der Waals surface area contributed by atoms with Gasteiger partial charge in [-0.1, -0.05) is 45.7 Å². The molecule has 0 saturated carbocycles. The highest BCUT2D eigenvalue weighted by molar-refractivity contribution is 9.10. The van der Waals surface area contributed by atoms with E-state index < -0.39 is 0 Å². The second kappa shape index (κ2) is 4.50. The van der Waals surface area contributed by atoms with Crippen LogP contribution in [0.1, 0.15) is 17.9 Å². The van der Waals surface area contributed by atoms with Crippen molar-refractivity contribution in [1.29, 1.82) is 0 Å². The summed E-state index contributed by atoms with van der Waals surface area (Å²) in [6.07, 6.45) is 4.06. The molecule has 0 saturated heterocycles. The molecule has 1 aliphatic carbocycles. The number of halogens is 3. The Hall–Kier alpha value is -0.600. The Balaban J connectivity index is 2.24. The lowest BCUT2D eigenvalue weighted by molar-refractivity contribution is 0.634. The molecule has 0 spiro atoms. The van der Waals surface area contributed by atoms with Crippen molar-refractivity contribution in [3.8, 4) is 0 Å². The van der Waals surface area contributed by atoms with Crippen LogP contribution in [-0.2, 0) is 0 Å². The van der Waals surface area contributed by atoms with Crippen molar-refractivity contribution in [2.45, 2.75) is 12.3 Å². The van der Waals surface area contributed by atoms with E-state index in [-0.39, 0.29) is 16.8 Å². The van der Waals surface area contributed by atoms with Crippen LogP contribution in [0.5, 0.6) is 0 Å². The van der Waals surface area contributed by atoms with E-state index in [0.29, 0.717) is 0 Å². The predicted octanol–water partition coefficient (Wildman–Crippen LogP) is 4.91. The van der Waals surface area contributed by atoms with E-state index in [1.54, 1.807) is 12.2 Å². The first-order chi connectivity index (χ1) is 7.16. The third-order valence-electron chi connectivity index (χ3n) is 2.42. The summed E-state index contributed by atoms with van der Waals surface area (Å²) in [7, 11) is 0. The first kappa shape index (κ1) is 10.9. The Labute approximate surface area is 102 Å². The van der Waals surface area contributed by atoms with Crippen LogP contribution in [0.15, 0.2) is 51.7 Å². The van der Waals surface area contributed by atoms with Crippen LogP contribution < -0.4 is 0 Å². The molecule has 0 nitrogen and oxygen atoms in total. The SMILES string of the molecule is FC1=CC(c2ccc(Br)cc2)CC=C1Cl. The Morgan fingerprint density at radius 3 is 2.53 bits per heavy atom. The largest absolute Gasteiger partial charge is 0.206 e. The molecule has 15 heavy (non-hydrogen) atoms. The Bertz CT molecular complexity index is 420. The molecular weight excluding hydrogens is 278 g/mol. The third kappa shape index (κ3) is 2.50. The lowest BCUT2D eigenvalue weighted by Crippen LogP contribution is -1.99. The molecule has 78 valence electrons. The first-order valence-corrected chi connectivity index (χ1v) is 5.83. The fourth-order valence-corrected chi connectivity index (χ4v) is 2.01. The van der Waals surface area contributed by atoms with Gasteiger partial charge < -0.3 is 0 Å². The van der Waals surface area contributed by atoms with Crippen molar-refractivity contribution >= 4 is 27.5 Å². The molecule has 1 aromatic rings. The van der Waals surface area contributed by atoms with E-state index >= 15 is 0 Å². The normalized spacial score (nSPS) is 20.9. The maximum atomic E-state index is 13.2. The number of benzene rings is 1. The molecular formula is C12H9BrClF. The summed E-state index contributed by atoms with van der Waals surface area (Å²) >= 11 is 9.02. The average molecular weight is 288 g/mol. The summed E-state index contributed by atoms with van der Waals surface area (Å²) in [5.74, 6) is -0.226. The lowest BCUT2D eigenvalue weighted by atomic mass is 9.92. The lowest BCUT2D eigenvalue weighted by Gasteiger charge is -2.15. The van der Waals surface area contributed by atoms with E-state index in [4.69, 9.17) is 11.6 Å². The minimum Gasteiger partial charge on any atom is -0.206 e. The zero-order valence-corrected chi connectivity index (χ0v) is 10.2. The van der Waals surface area contributed by atoms with Crippen LogP contribution in [0.4, 0.5) is 4.39 Å². The van der Waals surface area contributed by atoms with Crippen molar-refractivity contribution in [2.24, 2.45) is 0 Å². The fraction of sp³-hybridized carbons (Fsp3) is 0.167. The molecule has 0 aliphatic heterocycles. The van der Waals surface area contributed by atoms with Gasteiger partial charge in [0.15, 0.2) is 0 Å². The van der Waals surface area contributed by atoms with Gasteiger partial charge in [0.25, 0.3) is 0 Å². The highest BCUT2D eigenvalue weighted by atomic mass is 79.9. The van der Waals surface area contributed by atoms with Crippen molar-refractivity contribution < 1.29 is 4.39 Å². The van der Waals surface area contributed by atoms with Gasteiger partial charge in [0.2, 0.25) is 0 Å². The summed E-state index contributed by atoms with van der Waals surface area (Å²) in [6, 6.07) is 7.90. The number of rotatable bonds is 1. The molecule has 1 unspecified atom stereocenters. The predicted molar refractivity (Wildman–Crippen MR) is 64.6 cm³/mol. The molecule has 1 atom stereocenters. The second-order valence-electron chi connectivity index (χ2n) is 3.46. The van der Waals surface area contributed by atoms with Crippen LogP contribution in [0.25, 0.3) is 0 Å². The molecule has 0 N–H and O–H groups in total. The summed E-state index contributed by atoms with van der Waals surface area (Å²) in [5.41, 5.74) is 1.11. The van der Waals surface area contributed by atoms with Gasteiger partial charge in [-0.3, -0.25) is 0 Å². The number of hydrogen-bond donors (Lipinski definition) is 0. The summed E-state index contributed by atoms with van der Waals surface area (Å²) in [4.78, 5) is 0. The molecule has 1 aromatic carbocycles. The Kier molecular flexibility index (Phi) is 3.27. The van der Waals surface area contributed by atoms with Gasteiger partial charge in [0, 0.05) is 10.4 Å². The molecule has 0 amide bonds. The van der Waals surface area contributed by atoms with E-state index in [0.717, 1.165) is 16.5 Å². The van der Waals surface area contributed by atoms with Gasteiger partial charge in [-0.05, 0) is 30.2 Å². The van der Waals surface area contributed by atoms with Crippen LogP contribution in [0, 0.1) is 0 Å². The molecule has 1 aliphatic rings. The summed E-state index contributed by atoms with van der Waals surface area (Å²) in [5, 5.41) is 0.225. The average Bonchev–Trinajstić information content (AvgIpc) is 2.23. The zero-order valence-electron chi connectivity index (χ0n) is 7.88. The molecule has 3 heteroatoms. The third-order valence-corrected chi connectivity index (χ3v) is 3.29. The van der Waals surface area contributed by atoms with Gasteiger partial charge in [-0.2, -0.15) is 0 Å². The van der Waals surface area contributed by atoms with Gasteiger partial charge in [-0.25, -0.2) is 4.39 Å². The maximum absolute atomic E-state index is 13.2. The van der Waals surface area contributed by atoms with Gasteiger partial charge in [0.1, 0.15) is 5.83 Å². The minimum absolute atomic E-state index is 0.0978. The van der Waals surface area contributed by atoms with Gasteiger partial charge >= 0.3 is 0 Å². The van der Waals surface area contributed by atoms with Crippen molar-refractivity contribution in [1.82, 2.24) is 0 Å². The monoisotopic (exact) mass is 286 g/mol. The smallest absolute Gasteiger partial charge is 0.138 e. The topological polar surface area (TPSA) is 0 Å². The minimum atomic E-state index is -0.323. The first-order valence-electron chi connectivity index (χ1n) is 4.65. The van der Waals surface area contributed by atoms with E-state index in [2.05, 4.69) is 15.9 Å². The van der Waals surface area contributed by atoms with Gasteiger partial charge in [-0.15, -0.1) is 0 Å². The van der Waals surface area contributed by atoms with Crippen LogP contribution >= 0.6 is 27.5 Å². The van der Waals surface area contributed by atoms with Crippen LogP contribution in [0.3, 0.4) is 0 Å². The molecule has 2 rings (SSSR count). The van der Waals surface area contributed by atoms with Crippen molar-refractivity contribution in [3.63, 3.8) is 0 Å². The maximum Gasteiger partial charge on any atom is 0.138 e. The van der Waals surface area contributed by atoms with Crippen LogP contribution in [0.2, 0.25) is 0 Å². The second-order valence-corrected chi connectivity index (χ2v) is 4.78. The quantitative estimate of drug-likeness (QED) is 0.688. The van der Waals surface area contributed by atoms with E-state index in [1.165, 1.54) is 0 Å². The standard InChI is InChI=1S/C12H9BrClF/c13-10-4-1-8(2-5-10)9-3-6-11(14)12(15)7-9/h1-2,4-7,9H,3H2. The van der Waals surface area contributed by atoms with Crippen molar-refractivity contribution in [2.75, 3.05) is 0 Å². The number of hydrogen-bond acceptors (Lipinski definition) is 0. The highest BCUT2D eigenvalue weighted by Crippen LogP contribution is 2.33. The van der Waals surface area contributed by atoms with Gasteiger partial charge in [0.05, 0.1) is 5.03 Å². The van der Waals surface area contributed by atoms with E-state index in [9.17, 15) is 4.39 Å². The zero-order chi connectivity index (χ0) is 10.8. The Morgan fingerprint density at radius 2 is 1.93 bits per heavy atom. The molecule has 0 bridgehead atoms. The van der Waals surface area contributed by atoms with Crippen molar-refractivity contribution in [3.05, 3.63) is 57.3 Å². The molecule has 0 radical (unpaired) electrons. The fourth-order valence-electron chi connectivity index (χ4n) is 1.59. The summed E-state index contributed by atoms with van der Waals surface area (Å²) < 4.78 is 14.3. The number of allylic oxidation sites excluding steroid dienone is 4. The Morgan fingerprint density at radius 1 is 1.27 bits per heavy atom. The summed E-state index contributed by atoms with van der Waals surface area (Å²) in [6.45, 7) is 0. The van der Waals surface area contributed by atoms with Crippen LogP contribution in [-0.4, -0.2) is 0 Å². The van der Waals surface area contributed by atoms with E-state index in [1.807, 2.05) is 24.3 Å². The highest BCUT2D eigenvalue weighted by Gasteiger charge is 2.15. The molecule has 0 fully saturated rings.